The smallest absolute Gasteiger partial charge is 1.00 e. The van der Waals surface area contributed by atoms with Crippen LogP contribution >= 0.6 is 9.12 Å². The summed E-state index contributed by atoms with van der Waals surface area (Å²) < 4.78 is 0. The zero-order valence-corrected chi connectivity index (χ0v) is 23.4. The first kappa shape index (κ1) is 52.6. The number of carbonyl (C=O) groups is 2. The predicted octanol–water partition coefficient (Wildman–Crippen LogP) is 0.461. The molecule has 0 saturated heterocycles. The summed E-state index contributed by atoms with van der Waals surface area (Å²) in [5.41, 5.74) is 0. The molecule has 0 rings (SSSR count). The number of rotatable bonds is 8. The molecule has 0 fully saturated rings. The van der Waals surface area contributed by atoms with E-state index in [0.29, 0.717) is 18.6 Å². The molecule has 30 heavy (non-hydrogen) atoms. The number of hydrogen-bond donors (Lipinski definition) is 3. The first-order valence-electron chi connectivity index (χ1n) is 9.83. The van der Waals surface area contributed by atoms with Gasteiger partial charge in [0.1, 0.15) is 19.0 Å². The van der Waals surface area contributed by atoms with Crippen molar-refractivity contribution in [2.24, 2.45) is 5.92 Å². The van der Waals surface area contributed by atoms with E-state index in [-0.39, 0.29) is 52.9 Å². The summed E-state index contributed by atoms with van der Waals surface area (Å²) in [6, 6.07) is 0. The van der Waals surface area contributed by atoms with E-state index >= 15 is 0 Å². The molecule has 0 bridgehead atoms. The summed E-state index contributed by atoms with van der Waals surface area (Å²) >= 11 is 0. The normalized spacial score (nSPS) is 7.77. The fraction of sp³-hybridized carbons (Fsp3) is 0.900. The van der Waals surface area contributed by atoms with Crippen LogP contribution in [0.5, 0.6) is 0 Å². The Kier molecular flexibility index (Phi) is 91.3. The second-order valence-corrected chi connectivity index (χ2v) is 6.07. The molecule has 3 N–H and O–H groups in total. The molecule has 0 aliphatic carbocycles. The van der Waals surface area contributed by atoms with Gasteiger partial charge in [0.25, 0.3) is 0 Å². The minimum Gasteiger partial charge on any atom is -1.00 e. The number of carbonyl (C=O) groups excluding carboxylic acids is 2. The van der Waals surface area contributed by atoms with Crippen LogP contribution in [0.1, 0.15) is 95.8 Å². The van der Waals surface area contributed by atoms with E-state index in [1.165, 1.54) is 19.7 Å². The molecule has 1 atom stereocenters. The van der Waals surface area contributed by atoms with Gasteiger partial charge in [-0.05, 0) is 18.8 Å². The van der Waals surface area contributed by atoms with Gasteiger partial charge in [-0.1, -0.05) is 68.7 Å². The van der Waals surface area contributed by atoms with Crippen molar-refractivity contribution >= 4 is 43.7 Å². The summed E-state index contributed by atoms with van der Waals surface area (Å²) in [5, 5.41) is 24.3. The van der Waals surface area contributed by atoms with Crippen molar-refractivity contribution in [2.75, 3.05) is 13.2 Å². The van der Waals surface area contributed by atoms with E-state index < -0.39 is 19.0 Å². The van der Waals surface area contributed by atoms with Crippen LogP contribution in [0, 0.1) is 5.92 Å². The third kappa shape index (κ3) is 78.8. The molecule has 1 unspecified atom stereocenters. The first-order chi connectivity index (χ1) is 12.6. The summed E-state index contributed by atoms with van der Waals surface area (Å²) in [6.45, 7) is 14.8. The topological polar surface area (TPSA) is 94.8 Å². The van der Waals surface area contributed by atoms with E-state index in [1.54, 1.807) is 0 Å². The summed E-state index contributed by atoms with van der Waals surface area (Å²) in [4.78, 5) is 19.9. The number of aliphatic hydroxyl groups is 3. The minimum absolute atomic E-state index is 0. The van der Waals surface area contributed by atoms with E-state index in [1.807, 2.05) is 27.7 Å². The molecule has 0 aromatic carbocycles. The SMILES string of the molecule is C.CCC(=O)CC.CCC(C)CC.CCC(O)CC.O=C(CO)CO.[B].[B][B]P.[H-].[Na+]. The molecule has 0 aromatic rings. The molecule has 5 nitrogen and oxygen atoms in total. The summed E-state index contributed by atoms with van der Waals surface area (Å²) in [5.74, 6) is 0.731. The second kappa shape index (κ2) is 52.0. The first-order valence-corrected chi connectivity index (χ1v) is 10.5. The summed E-state index contributed by atoms with van der Waals surface area (Å²) in [7, 11) is 6.92. The van der Waals surface area contributed by atoms with E-state index in [0.717, 1.165) is 18.8 Å². The van der Waals surface area contributed by atoms with Gasteiger partial charge < -0.3 is 16.7 Å². The largest absolute Gasteiger partial charge is 1.00 e. The molecule has 6 radical (unpaired) electrons. The second-order valence-electron chi connectivity index (χ2n) is 5.69. The molecular formula is C20H49B3NaO5P. The number of ketones is 2. The van der Waals surface area contributed by atoms with Crippen LogP contribution in [0.4, 0.5) is 0 Å². The third-order valence-corrected chi connectivity index (χ3v) is 3.48. The molecule has 0 saturated carbocycles. The van der Waals surface area contributed by atoms with Crippen molar-refractivity contribution in [3.8, 4) is 0 Å². The maximum Gasteiger partial charge on any atom is 1.00 e. The minimum atomic E-state index is -0.559. The van der Waals surface area contributed by atoms with Gasteiger partial charge >= 0.3 is 29.6 Å². The van der Waals surface area contributed by atoms with E-state index in [9.17, 15) is 9.59 Å². The van der Waals surface area contributed by atoms with Crippen molar-refractivity contribution in [3.05, 3.63) is 0 Å². The predicted molar refractivity (Wildman–Crippen MR) is 136 cm³/mol. The molecule has 174 valence electrons. The Labute approximate surface area is 218 Å². The average molecular weight is 456 g/mol. The van der Waals surface area contributed by atoms with Crippen LogP contribution in [0.25, 0.3) is 0 Å². The van der Waals surface area contributed by atoms with Crippen LogP contribution in [-0.2, 0) is 9.59 Å². The van der Waals surface area contributed by atoms with Gasteiger partial charge in [-0.3, -0.25) is 9.59 Å². The Bertz CT molecular complexity index is 254. The Morgan fingerprint density at radius 3 is 1.17 bits per heavy atom. The van der Waals surface area contributed by atoms with Crippen molar-refractivity contribution in [3.63, 3.8) is 0 Å². The quantitative estimate of drug-likeness (QED) is 0.365. The van der Waals surface area contributed by atoms with E-state index in [4.69, 9.17) is 15.3 Å². The van der Waals surface area contributed by atoms with Gasteiger partial charge in [-0.2, -0.15) is 9.12 Å². The zero-order chi connectivity index (χ0) is 22.7. The van der Waals surface area contributed by atoms with Crippen molar-refractivity contribution in [1.82, 2.24) is 0 Å². The molecule has 10 heteroatoms. The molecular weight excluding hydrogens is 407 g/mol. The molecule has 0 heterocycles. The Morgan fingerprint density at radius 1 is 0.900 bits per heavy atom. The fourth-order valence-electron chi connectivity index (χ4n) is 0.877. The van der Waals surface area contributed by atoms with E-state index in [2.05, 4.69) is 37.6 Å². The van der Waals surface area contributed by atoms with Crippen LogP contribution in [0.15, 0.2) is 0 Å². The molecule has 0 aromatic heterocycles. The zero-order valence-electron chi connectivity index (χ0n) is 21.3. The van der Waals surface area contributed by atoms with Crippen molar-refractivity contribution in [2.45, 2.75) is 101 Å². The monoisotopic (exact) mass is 456 g/mol. The van der Waals surface area contributed by atoms with Crippen molar-refractivity contribution in [1.29, 1.82) is 0 Å². The third-order valence-electron chi connectivity index (χ3n) is 3.48. The van der Waals surface area contributed by atoms with Crippen LogP contribution in [0.3, 0.4) is 0 Å². The number of aliphatic hydroxyl groups excluding tert-OH is 3. The van der Waals surface area contributed by atoms with Gasteiger partial charge in [0, 0.05) is 29.0 Å². The van der Waals surface area contributed by atoms with Gasteiger partial charge in [-0.15, -0.1) is 0 Å². The summed E-state index contributed by atoms with van der Waals surface area (Å²) in [6.07, 6.45) is 5.75. The van der Waals surface area contributed by atoms with Crippen LogP contribution in [-0.4, -0.2) is 69.2 Å². The van der Waals surface area contributed by atoms with Crippen LogP contribution in [0.2, 0.25) is 0 Å². The number of Topliss-reactive ketones (excluding diaryl/α,β-unsaturated/α-hetero) is 2. The molecule has 0 aliphatic rings. The molecule has 0 aliphatic heterocycles. The molecule has 0 spiro atoms. The van der Waals surface area contributed by atoms with Gasteiger partial charge in [0.05, 0.1) is 13.0 Å². The number of hydrogen-bond acceptors (Lipinski definition) is 5. The molecule has 0 amide bonds. The Morgan fingerprint density at radius 2 is 1.17 bits per heavy atom. The van der Waals surface area contributed by atoms with Crippen LogP contribution < -0.4 is 29.6 Å². The van der Waals surface area contributed by atoms with Gasteiger partial charge in [-0.25, -0.2) is 0 Å². The van der Waals surface area contributed by atoms with Gasteiger partial charge in [0.15, 0.2) is 5.78 Å². The maximum atomic E-state index is 10.2. The maximum absolute atomic E-state index is 10.2. The standard InChI is InChI=1S/C6H14.C5H12O.C5H10O.C3H6O3.CH4.B2H2P.B.Na.H/c1-4-6(3)5-2;2*1-3-5(6)4-2;4-1-3(6)2-5;;1-2-3;;;/h6H,4-5H2,1-3H3;5-6H,3-4H2,1-2H3;3-4H2,1-2H3;4-5H,1-2H2;1H4;3H2;;;/q;;;;;;;+1;-1. The Balaban J connectivity index is -0.0000000274. The van der Waals surface area contributed by atoms with Crippen molar-refractivity contribution < 1.29 is 55.9 Å². The average Bonchev–Trinajstić information content (AvgIpc) is 2.72. The van der Waals surface area contributed by atoms with Gasteiger partial charge in [0.2, 0.25) is 0 Å². The Hall–Kier alpha value is 0.845. The fourth-order valence-corrected chi connectivity index (χ4v) is 0.877.